The molecule has 2 unspecified atom stereocenters. The van der Waals surface area contributed by atoms with Crippen molar-refractivity contribution in [1.82, 2.24) is 20.2 Å². The van der Waals surface area contributed by atoms with Crippen molar-refractivity contribution in [3.8, 4) is 5.75 Å². The number of aromatic nitrogens is 4. The molecule has 1 aliphatic carbocycles. The first-order valence-corrected chi connectivity index (χ1v) is 10.2. The third-order valence-electron chi connectivity index (χ3n) is 6.22. The zero-order valence-corrected chi connectivity index (χ0v) is 17.2. The number of hydrogen-bond acceptors (Lipinski definition) is 6. The molecule has 2 aromatic heterocycles. The first-order valence-electron chi connectivity index (χ1n) is 9.80. The van der Waals surface area contributed by atoms with Gasteiger partial charge in [-0.05, 0) is 47.9 Å². The largest absolute Gasteiger partial charge is 0.497 e. The van der Waals surface area contributed by atoms with Crippen LogP contribution in [-0.2, 0) is 10.2 Å². The van der Waals surface area contributed by atoms with Gasteiger partial charge in [-0.1, -0.05) is 17.7 Å². The molecule has 6 rings (SSSR count). The Morgan fingerprint density at radius 3 is 2.97 bits per heavy atom. The summed E-state index contributed by atoms with van der Waals surface area (Å²) in [4.78, 5) is 20.9. The lowest BCUT2D eigenvalue weighted by Crippen LogP contribution is -2.21. The van der Waals surface area contributed by atoms with Gasteiger partial charge in [-0.2, -0.15) is 5.10 Å². The number of H-pyrrole nitrogens is 1. The third kappa shape index (κ3) is 2.61. The van der Waals surface area contributed by atoms with Crippen LogP contribution in [0.4, 0.5) is 17.3 Å². The van der Waals surface area contributed by atoms with E-state index in [0.717, 1.165) is 39.9 Å². The molecule has 2 aliphatic rings. The van der Waals surface area contributed by atoms with Crippen molar-refractivity contribution in [2.45, 2.75) is 17.8 Å². The van der Waals surface area contributed by atoms with Crippen LogP contribution in [0.1, 0.15) is 23.5 Å². The molecular weight excluding hydrogens is 416 g/mol. The predicted octanol–water partition coefficient (Wildman–Crippen LogP) is 4.14. The minimum absolute atomic E-state index is 0.0474. The Labute approximate surface area is 182 Å². The molecule has 4 aromatic rings. The maximum absolute atomic E-state index is 12.9. The maximum atomic E-state index is 12.9. The van der Waals surface area contributed by atoms with Crippen LogP contribution in [0.2, 0.25) is 5.02 Å². The van der Waals surface area contributed by atoms with E-state index in [1.807, 2.05) is 24.3 Å². The number of carbonyl (C=O) groups is 1. The number of anilines is 3. The van der Waals surface area contributed by atoms with Crippen molar-refractivity contribution in [3.63, 3.8) is 0 Å². The summed E-state index contributed by atoms with van der Waals surface area (Å²) in [5.41, 5.74) is 3.30. The highest BCUT2D eigenvalue weighted by Gasteiger charge is 2.65. The van der Waals surface area contributed by atoms with Crippen LogP contribution < -0.4 is 15.4 Å². The summed E-state index contributed by atoms with van der Waals surface area (Å²) >= 11 is 6.14. The summed E-state index contributed by atoms with van der Waals surface area (Å²) in [5.74, 6) is 2.01. The summed E-state index contributed by atoms with van der Waals surface area (Å²) in [6.07, 6.45) is 3.71. The van der Waals surface area contributed by atoms with E-state index < -0.39 is 5.41 Å². The van der Waals surface area contributed by atoms with E-state index in [9.17, 15) is 4.79 Å². The molecular formula is C22H17ClN6O2. The zero-order valence-electron chi connectivity index (χ0n) is 16.4. The van der Waals surface area contributed by atoms with Gasteiger partial charge in [-0.15, -0.1) is 0 Å². The van der Waals surface area contributed by atoms with E-state index in [0.29, 0.717) is 16.7 Å². The molecule has 154 valence electrons. The molecule has 1 aliphatic heterocycles. The standard InChI is InChI=1S/C22H17ClN6O2/c1-31-12-3-5-17-14(7-12)22(21(30)26-17)8-15(22)11-2-4-13-18(6-11)28-29-19(13)27-20-16(23)9-24-10-25-20/h2-7,9-10,15H,8H2,1H3,(H,26,30)(H2,24,25,27,28,29). The maximum Gasteiger partial charge on any atom is 0.235 e. The van der Waals surface area contributed by atoms with Gasteiger partial charge in [-0.25, -0.2) is 9.97 Å². The molecule has 1 amide bonds. The number of nitrogens with zero attached hydrogens (tertiary/aromatic N) is 3. The van der Waals surface area contributed by atoms with Crippen LogP contribution in [-0.4, -0.2) is 33.2 Å². The molecule has 3 N–H and O–H groups in total. The molecule has 2 atom stereocenters. The number of halogens is 1. The Kier molecular flexibility index (Phi) is 3.76. The van der Waals surface area contributed by atoms with E-state index in [1.165, 1.54) is 12.5 Å². The Balaban J connectivity index is 1.34. The summed E-state index contributed by atoms with van der Waals surface area (Å²) in [6.45, 7) is 0. The molecule has 0 bridgehead atoms. The second-order valence-electron chi connectivity index (χ2n) is 7.82. The fourth-order valence-electron chi connectivity index (χ4n) is 4.56. The SMILES string of the molecule is COc1ccc2c(c1)C1(CC1c1ccc3c(Nc4ncncc4Cl)n[nH]c3c1)C(=O)N2. The zero-order chi connectivity index (χ0) is 21.2. The lowest BCUT2D eigenvalue weighted by Gasteiger charge is -2.10. The number of ether oxygens (including phenoxy) is 1. The predicted molar refractivity (Wildman–Crippen MR) is 117 cm³/mol. The second-order valence-corrected chi connectivity index (χ2v) is 8.22. The molecule has 3 heterocycles. The molecule has 31 heavy (non-hydrogen) atoms. The highest BCUT2D eigenvalue weighted by Crippen LogP contribution is 2.65. The topological polar surface area (TPSA) is 105 Å². The average molecular weight is 433 g/mol. The van der Waals surface area contributed by atoms with Gasteiger partial charge in [0.1, 0.15) is 17.1 Å². The molecule has 0 radical (unpaired) electrons. The van der Waals surface area contributed by atoms with Crippen molar-refractivity contribution in [2.24, 2.45) is 0 Å². The fraction of sp³-hybridized carbons (Fsp3) is 0.182. The smallest absolute Gasteiger partial charge is 0.235 e. The quantitative estimate of drug-likeness (QED) is 0.447. The highest BCUT2D eigenvalue weighted by atomic mass is 35.5. The first kappa shape index (κ1) is 18.1. The van der Waals surface area contributed by atoms with Crippen molar-refractivity contribution in [2.75, 3.05) is 17.7 Å². The van der Waals surface area contributed by atoms with Crippen molar-refractivity contribution in [3.05, 3.63) is 65.1 Å². The van der Waals surface area contributed by atoms with Gasteiger partial charge in [0.15, 0.2) is 11.6 Å². The Morgan fingerprint density at radius 2 is 2.13 bits per heavy atom. The summed E-state index contributed by atoms with van der Waals surface area (Å²) in [5, 5.41) is 14.9. The number of amides is 1. The van der Waals surface area contributed by atoms with Crippen LogP contribution in [0, 0.1) is 0 Å². The van der Waals surface area contributed by atoms with Gasteiger partial charge in [-0.3, -0.25) is 9.89 Å². The molecule has 0 saturated heterocycles. The van der Waals surface area contributed by atoms with Crippen LogP contribution >= 0.6 is 11.6 Å². The van der Waals surface area contributed by atoms with Gasteiger partial charge >= 0.3 is 0 Å². The molecule has 1 saturated carbocycles. The minimum Gasteiger partial charge on any atom is -0.497 e. The molecule has 1 spiro atoms. The molecule has 2 aromatic carbocycles. The van der Waals surface area contributed by atoms with Crippen LogP contribution in [0.5, 0.6) is 5.75 Å². The highest BCUT2D eigenvalue weighted by molar-refractivity contribution is 6.32. The number of fused-ring (bicyclic) bond motifs is 3. The van der Waals surface area contributed by atoms with E-state index in [-0.39, 0.29) is 11.8 Å². The van der Waals surface area contributed by atoms with Gasteiger partial charge in [0.05, 0.1) is 24.2 Å². The number of benzene rings is 2. The van der Waals surface area contributed by atoms with Crippen molar-refractivity contribution in [1.29, 1.82) is 0 Å². The Morgan fingerprint density at radius 1 is 1.23 bits per heavy atom. The number of methoxy groups -OCH3 is 1. The number of rotatable bonds is 4. The van der Waals surface area contributed by atoms with Gasteiger partial charge in [0, 0.05) is 17.0 Å². The summed E-state index contributed by atoms with van der Waals surface area (Å²) < 4.78 is 5.38. The summed E-state index contributed by atoms with van der Waals surface area (Å²) in [6, 6.07) is 11.8. The second kappa shape index (κ2) is 6.42. The monoisotopic (exact) mass is 432 g/mol. The van der Waals surface area contributed by atoms with E-state index in [1.54, 1.807) is 7.11 Å². The lowest BCUT2D eigenvalue weighted by molar-refractivity contribution is -0.118. The van der Waals surface area contributed by atoms with Crippen LogP contribution in [0.25, 0.3) is 10.9 Å². The normalized spacial score (nSPS) is 21.2. The fourth-order valence-corrected chi connectivity index (χ4v) is 4.72. The third-order valence-corrected chi connectivity index (χ3v) is 6.49. The van der Waals surface area contributed by atoms with Gasteiger partial charge in [0.2, 0.25) is 5.91 Å². The van der Waals surface area contributed by atoms with Crippen LogP contribution in [0.3, 0.4) is 0 Å². The number of aromatic amines is 1. The number of hydrogen-bond donors (Lipinski definition) is 3. The lowest BCUT2D eigenvalue weighted by atomic mass is 9.91. The Bertz CT molecular complexity index is 1370. The number of carbonyl (C=O) groups excluding carboxylic acids is 1. The summed E-state index contributed by atoms with van der Waals surface area (Å²) in [7, 11) is 1.63. The Hall–Kier alpha value is -3.65. The van der Waals surface area contributed by atoms with E-state index in [2.05, 4.69) is 42.9 Å². The number of nitrogens with one attached hydrogen (secondary N) is 3. The van der Waals surface area contributed by atoms with Crippen LogP contribution in [0.15, 0.2) is 48.9 Å². The minimum atomic E-state index is -0.535. The average Bonchev–Trinajstić information content (AvgIpc) is 3.34. The van der Waals surface area contributed by atoms with Gasteiger partial charge in [0.25, 0.3) is 0 Å². The van der Waals surface area contributed by atoms with E-state index >= 15 is 0 Å². The first-order chi connectivity index (χ1) is 15.1. The van der Waals surface area contributed by atoms with Crippen molar-refractivity contribution >= 4 is 45.7 Å². The molecule has 8 nitrogen and oxygen atoms in total. The molecule has 9 heteroatoms. The molecule has 1 fully saturated rings. The van der Waals surface area contributed by atoms with Crippen molar-refractivity contribution < 1.29 is 9.53 Å². The van der Waals surface area contributed by atoms with E-state index in [4.69, 9.17) is 16.3 Å². The van der Waals surface area contributed by atoms with Gasteiger partial charge < -0.3 is 15.4 Å².